The van der Waals surface area contributed by atoms with Gasteiger partial charge in [-0.3, -0.25) is 4.90 Å². The van der Waals surface area contributed by atoms with Crippen LogP contribution in [-0.4, -0.2) is 25.5 Å². The van der Waals surface area contributed by atoms with Gasteiger partial charge in [-0.15, -0.1) is 0 Å². The van der Waals surface area contributed by atoms with Crippen molar-refractivity contribution in [1.29, 1.82) is 0 Å². The minimum absolute atomic E-state index is 0.237. The molecule has 2 rings (SSSR count). The second-order valence-corrected chi connectivity index (χ2v) is 6.46. The minimum atomic E-state index is -3.89. The van der Waals surface area contributed by atoms with Crippen LogP contribution in [0, 0.1) is 12.7 Å². The maximum atomic E-state index is 13.9. The van der Waals surface area contributed by atoms with Gasteiger partial charge in [0.15, 0.2) is 0 Å². The van der Waals surface area contributed by atoms with E-state index >= 15 is 0 Å². The SMILES string of the molecule is Cc1cc(CN(C)Cc2ccc(S(N)(=O)=O)cc2F)no1. The van der Waals surface area contributed by atoms with Crippen molar-refractivity contribution in [2.75, 3.05) is 7.05 Å². The normalized spacial score (nSPS) is 12.0. The lowest BCUT2D eigenvalue weighted by Gasteiger charge is -2.15. The Hall–Kier alpha value is -1.77. The third-order valence-electron chi connectivity index (χ3n) is 2.90. The fourth-order valence-corrected chi connectivity index (χ4v) is 2.47. The van der Waals surface area contributed by atoms with E-state index in [1.54, 1.807) is 20.0 Å². The summed E-state index contributed by atoms with van der Waals surface area (Å²) in [5.41, 5.74) is 1.13. The van der Waals surface area contributed by atoms with Crippen molar-refractivity contribution in [1.82, 2.24) is 10.1 Å². The molecule has 0 unspecified atom stereocenters. The van der Waals surface area contributed by atoms with Crippen molar-refractivity contribution in [3.63, 3.8) is 0 Å². The lowest BCUT2D eigenvalue weighted by molar-refractivity contribution is 0.297. The number of sulfonamides is 1. The van der Waals surface area contributed by atoms with Gasteiger partial charge in [0.2, 0.25) is 10.0 Å². The van der Waals surface area contributed by atoms with E-state index in [1.807, 2.05) is 4.90 Å². The number of rotatable bonds is 5. The third kappa shape index (κ3) is 4.10. The highest BCUT2D eigenvalue weighted by Crippen LogP contribution is 2.16. The summed E-state index contributed by atoms with van der Waals surface area (Å²) in [4.78, 5) is 1.60. The molecule has 0 bridgehead atoms. The van der Waals surface area contributed by atoms with E-state index in [9.17, 15) is 12.8 Å². The molecule has 6 nitrogen and oxygen atoms in total. The molecule has 2 aromatic rings. The summed E-state index contributed by atoms with van der Waals surface area (Å²) in [5, 5.41) is 8.82. The molecule has 0 spiro atoms. The second kappa shape index (κ2) is 5.92. The van der Waals surface area contributed by atoms with Gasteiger partial charge in [0, 0.05) is 24.7 Å². The molecule has 0 amide bonds. The van der Waals surface area contributed by atoms with Crippen LogP contribution in [0.2, 0.25) is 0 Å². The second-order valence-electron chi connectivity index (χ2n) is 4.90. The van der Waals surface area contributed by atoms with E-state index < -0.39 is 15.8 Å². The number of primary sulfonamides is 1. The Kier molecular flexibility index (Phi) is 4.40. The first-order chi connectivity index (χ1) is 9.75. The molecule has 21 heavy (non-hydrogen) atoms. The zero-order valence-corrected chi connectivity index (χ0v) is 12.5. The number of hydrogen-bond donors (Lipinski definition) is 1. The molecule has 0 fully saturated rings. The molecule has 0 radical (unpaired) electrons. The van der Waals surface area contributed by atoms with Gasteiger partial charge in [-0.05, 0) is 26.1 Å². The van der Waals surface area contributed by atoms with Gasteiger partial charge in [0.25, 0.3) is 0 Å². The summed E-state index contributed by atoms with van der Waals surface area (Å²) in [5.74, 6) is 0.104. The predicted molar refractivity (Wildman–Crippen MR) is 74.2 cm³/mol. The van der Waals surface area contributed by atoms with Gasteiger partial charge in [-0.2, -0.15) is 0 Å². The van der Waals surface area contributed by atoms with Crippen LogP contribution in [0.5, 0.6) is 0 Å². The van der Waals surface area contributed by atoms with Gasteiger partial charge in [0.1, 0.15) is 11.6 Å². The summed E-state index contributed by atoms with van der Waals surface area (Å²) in [7, 11) is -2.09. The summed E-state index contributed by atoms with van der Waals surface area (Å²) in [6, 6.07) is 5.44. The fourth-order valence-electron chi connectivity index (χ4n) is 1.95. The van der Waals surface area contributed by atoms with E-state index in [0.717, 1.165) is 11.8 Å². The van der Waals surface area contributed by atoms with E-state index in [4.69, 9.17) is 9.66 Å². The van der Waals surface area contributed by atoms with Crippen LogP contribution in [-0.2, 0) is 23.1 Å². The van der Waals surface area contributed by atoms with Gasteiger partial charge in [-0.25, -0.2) is 17.9 Å². The van der Waals surface area contributed by atoms with Crippen LogP contribution in [0.1, 0.15) is 17.0 Å². The quantitative estimate of drug-likeness (QED) is 0.901. The highest BCUT2D eigenvalue weighted by molar-refractivity contribution is 7.89. The molecular weight excluding hydrogens is 297 g/mol. The van der Waals surface area contributed by atoms with Crippen LogP contribution in [0.4, 0.5) is 4.39 Å². The van der Waals surface area contributed by atoms with E-state index in [-0.39, 0.29) is 4.90 Å². The number of nitrogens with two attached hydrogens (primary N) is 1. The lowest BCUT2D eigenvalue weighted by atomic mass is 10.2. The van der Waals surface area contributed by atoms with Crippen molar-refractivity contribution >= 4 is 10.0 Å². The Balaban J connectivity index is 2.09. The van der Waals surface area contributed by atoms with Crippen LogP contribution in [0.15, 0.2) is 33.7 Å². The smallest absolute Gasteiger partial charge is 0.238 e. The standard InChI is InChI=1S/C13H16FN3O3S/c1-9-5-11(16-20-9)8-17(2)7-10-3-4-12(6-13(10)14)21(15,18)19/h3-6H,7-8H2,1-2H3,(H2,15,18,19). The third-order valence-corrected chi connectivity index (χ3v) is 3.81. The summed E-state index contributed by atoms with van der Waals surface area (Å²) >= 11 is 0. The number of halogens is 1. The molecule has 1 heterocycles. The number of hydrogen-bond acceptors (Lipinski definition) is 5. The largest absolute Gasteiger partial charge is 0.361 e. The maximum absolute atomic E-state index is 13.9. The Morgan fingerprint density at radius 3 is 2.57 bits per heavy atom. The molecule has 0 aliphatic carbocycles. The van der Waals surface area contributed by atoms with Crippen molar-refractivity contribution in [2.45, 2.75) is 24.9 Å². The van der Waals surface area contributed by atoms with E-state index in [2.05, 4.69) is 5.16 Å². The average molecular weight is 313 g/mol. The number of benzene rings is 1. The van der Waals surface area contributed by atoms with Crippen molar-refractivity contribution < 1.29 is 17.3 Å². The van der Waals surface area contributed by atoms with Crippen molar-refractivity contribution in [3.8, 4) is 0 Å². The molecule has 1 aromatic heterocycles. The minimum Gasteiger partial charge on any atom is -0.361 e. The number of nitrogens with zero attached hydrogens (tertiary/aromatic N) is 2. The molecule has 0 atom stereocenters. The zero-order valence-electron chi connectivity index (χ0n) is 11.7. The van der Waals surface area contributed by atoms with E-state index in [0.29, 0.717) is 24.4 Å². The van der Waals surface area contributed by atoms with Gasteiger partial charge >= 0.3 is 0 Å². The Labute approximate surface area is 122 Å². The van der Waals surface area contributed by atoms with Gasteiger partial charge in [-0.1, -0.05) is 11.2 Å². The molecule has 0 saturated heterocycles. The number of aromatic nitrogens is 1. The topological polar surface area (TPSA) is 89.4 Å². The molecule has 8 heteroatoms. The first-order valence-electron chi connectivity index (χ1n) is 6.17. The lowest BCUT2D eigenvalue weighted by Crippen LogP contribution is -2.19. The van der Waals surface area contributed by atoms with Crippen LogP contribution >= 0.6 is 0 Å². The average Bonchev–Trinajstić information content (AvgIpc) is 2.76. The molecule has 0 aliphatic heterocycles. The predicted octanol–water partition coefficient (Wildman–Crippen LogP) is 1.40. The summed E-state index contributed by atoms with van der Waals surface area (Å²) in [6.45, 7) is 2.60. The molecule has 2 N–H and O–H groups in total. The maximum Gasteiger partial charge on any atom is 0.238 e. The Morgan fingerprint density at radius 1 is 1.33 bits per heavy atom. The van der Waals surface area contributed by atoms with Crippen LogP contribution in [0.25, 0.3) is 0 Å². The van der Waals surface area contributed by atoms with Gasteiger partial charge in [0.05, 0.1) is 10.6 Å². The van der Waals surface area contributed by atoms with Crippen LogP contribution in [0.3, 0.4) is 0 Å². The highest BCUT2D eigenvalue weighted by atomic mass is 32.2. The first-order valence-corrected chi connectivity index (χ1v) is 7.72. The monoisotopic (exact) mass is 313 g/mol. The summed E-state index contributed by atoms with van der Waals surface area (Å²) in [6.07, 6.45) is 0. The fraction of sp³-hybridized carbons (Fsp3) is 0.308. The number of aryl methyl sites for hydroxylation is 1. The van der Waals surface area contributed by atoms with Crippen LogP contribution < -0.4 is 5.14 Å². The Morgan fingerprint density at radius 2 is 2.05 bits per heavy atom. The Bertz CT molecular complexity index is 743. The molecular formula is C13H16FN3O3S. The van der Waals surface area contributed by atoms with Crippen molar-refractivity contribution in [2.24, 2.45) is 5.14 Å². The van der Waals surface area contributed by atoms with Crippen molar-refractivity contribution in [3.05, 3.63) is 47.1 Å². The zero-order chi connectivity index (χ0) is 15.6. The molecule has 0 aliphatic rings. The highest BCUT2D eigenvalue weighted by Gasteiger charge is 2.13. The molecule has 0 saturated carbocycles. The molecule has 1 aromatic carbocycles. The first kappa shape index (κ1) is 15.6. The van der Waals surface area contributed by atoms with Gasteiger partial charge < -0.3 is 4.52 Å². The van der Waals surface area contributed by atoms with E-state index in [1.165, 1.54) is 12.1 Å². The summed E-state index contributed by atoms with van der Waals surface area (Å²) < 4.78 is 41.2. The molecule has 114 valence electrons.